The van der Waals surface area contributed by atoms with Crippen molar-refractivity contribution in [2.24, 2.45) is 5.41 Å². The minimum absolute atomic E-state index is 0.262. The maximum atomic E-state index is 5.77. The van der Waals surface area contributed by atoms with Crippen molar-refractivity contribution in [2.75, 3.05) is 6.61 Å². The van der Waals surface area contributed by atoms with Gasteiger partial charge in [-0.25, -0.2) is 0 Å². The first-order chi connectivity index (χ1) is 6.62. The number of hydrogen-bond donors (Lipinski definition) is 0. The van der Waals surface area contributed by atoms with Gasteiger partial charge in [-0.05, 0) is 38.0 Å². The molecule has 1 nitrogen and oxygen atoms in total. The first kappa shape index (κ1) is 14.0. The van der Waals surface area contributed by atoms with E-state index in [2.05, 4.69) is 13.8 Å². The molecule has 0 aromatic carbocycles. The Kier molecular flexibility index (Phi) is 5.73. The predicted molar refractivity (Wildman–Crippen MR) is 63.6 cm³/mol. The lowest BCUT2D eigenvalue weighted by molar-refractivity contribution is -0.167. The molecule has 0 unspecified atom stereocenters. The number of fused-ring (bicyclic) bond motifs is 3. The van der Waals surface area contributed by atoms with E-state index in [1.54, 1.807) is 0 Å². The maximum Gasteiger partial charge on any atom is 0.0655 e. The highest BCUT2D eigenvalue weighted by Gasteiger charge is 2.44. The van der Waals surface area contributed by atoms with Crippen LogP contribution in [0.1, 0.15) is 67.2 Å². The third-order valence-electron chi connectivity index (χ3n) is 3.28. The second-order valence-electron chi connectivity index (χ2n) is 4.55. The van der Waals surface area contributed by atoms with Gasteiger partial charge in [0.05, 0.1) is 12.2 Å². The van der Waals surface area contributed by atoms with Crippen molar-refractivity contribution in [3.05, 3.63) is 0 Å². The van der Waals surface area contributed by atoms with Gasteiger partial charge in [-0.3, -0.25) is 0 Å². The van der Waals surface area contributed by atoms with Crippen molar-refractivity contribution in [1.29, 1.82) is 0 Å². The summed E-state index contributed by atoms with van der Waals surface area (Å²) < 4.78 is 5.77. The average Bonchev–Trinajstić information content (AvgIpc) is 2.27. The van der Waals surface area contributed by atoms with E-state index in [1.807, 2.05) is 27.7 Å². The van der Waals surface area contributed by atoms with Crippen LogP contribution in [-0.4, -0.2) is 12.2 Å². The van der Waals surface area contributed by atoms with Crippen LogP contribution in [-0.2, 0) is 4.74 Å². The summed E-state index contributed by atoms with van der Waals surface area (Å²) in [4.78, 5) is 0. The van der Waals surface area contributed by atoms with E-state index in [0.717, 1.165) is 6.61 Å². The van der Waals surface area contributed by atoms with E-state index >= 15 is 0 Å². The Labute approximate surface area is 90.2 Å². The molecule has 86 valence electrons. The van der Waals surface area contributed by atoms with Crippen LogP contribution in [0.4, 0.5) is 0 Å². The molecule has 1 saturated carbocycles. The molecule has 2 bridgehead atoms. The molecule has 2 aliphatic heterocycles. The fourth-order valence-corrected chi connectivity index (χ4v) is 2.02. The molecule has 1 aliphatic carbocycles. The molecule has 3 aliphatic rings. The Morgan fingerprint density at radius 3 is 1.43 bits per heavy atom. The largest absolute Gasteiger partial charge is 0.375 e. The van der Waals surface area contributed by atoms with Gasteiger partial charge in [-0.15, -0.1) is 0 Å². The molecule has 3 rings (SSSR count). The minimum atomic E-state index is 0.262. The summed E-state index contributed by atoms with van der Waals surface area (Å²) in [6.45, 7) is 13.6. The molecule has 2 saturated heterocycles. The third kappa shape index (κ3) is 3.27. The molecule has 0 amide bonds. The maximum absolute atomic E-state index is 5.77. The van der Waals surface area contributed by atoms with Crippen LogP contribution in [0.5, 0.6) is 0 Å². The highest BCUT2D eigenvalue weighted by molar-refractivity contribution is 4.94. The molecule has 0 spiro atoms. The highest BCUT2D eigenvalue weighted by Crippen LogP contribution is 2.47. The van der Waals surface area contributed by atoms with Crippen molar-refractivity contribution in [2.45, 2.75) is 72.8 Å². The van der Waals surface area contributed by atoms with Gasteiger partial charge < -0.3 is 4.74 Å². The number of ether oxygens (including phenoxy) is 1. The van der Waals surface area contributed by atoms with Gasteiger partial charge in [0.1, 0.15) is 0 Å². The number of rotatable bonds is 0. The van der Waals surface area contributed by atoms with Gasteiger partial charge in [0.15, 0.2) is 0 Å². The van der Waals surface area contributed by atoms with Crippen LogP contribution < -0.4 is 0 Å². The molecule has 14 heavy (non-hydrogen) atoms. The van der Waals surface area contributed by atoms with Gasteiger partial charge in [-0.1, -0.05) is 34.6 Å². The lowest BCUT2D eigenvalue weighted by atomic mass is 9.68. The summed E-state index contributed by atoms with van der Waals surface area (Å²) in [5, 5.41) is 0. The van der Waals surface area contributed by atoms with Gasteiger partial charge in [0, 0.05) is 0 Å². The molecular formula is C13H28O. The van der Waals surface area contributed by atoms with Crippen LogP contribution in [0.15, 0.2) is 0 Å². The molecule has 0 atom stereocenters. The summed E-state index contributed by atoms with van der Waals surface area (Å²) in [6.07, 6.45) is 5.32. The molecule has 2 heterocycles. The average molecular weight is 200 g/mol. The summed E-state index contributed by atoms with van der Waals surface area (Å²) in [5.41, 5.74) is 0.801. The zero-order valence-electron chi connectivity index (χ0n) is 10.9. The third-order valence-corrected chi connectivity index (χ3v) is 3.28. The van der Waals surface area contributed by atoms with Crippen molar-refractivity contribution in [1.82, 2.24) is 0 Å². The standard InChI is InChI=1S/C9H16O.2C2H6/c1-8-3-5-9(2,6-4-8)10-7-8;2*1-2/h3-7H2,1-2H3;2*1-2H3. The van der Waals surface area contributed by atoms with Crippen LogP contribution in [0, 0.1) is 5.41 Å². The van der Waals surface area contributed by atoms with E-state index < -0.39 is 0 Å². The Bertz CT molecular complexity index is 109. The van der Waals surface area contributed by atoms with Gasteiger partial charge in [-0.2, -0.15) is 0 Å². The van der Waals surface area contributed by atoms with Crippen LogP contribution >= 0.6 is 0 Å². The van der Waals surface area contributed by atoms with Crippen molar-refractivity contribution < 1.29 is 4.74 Å². The molecule has 0 radical (unpaired) electrons. The summed E-state index contributed by atoms with van der Waals surface area (Å²) >= 11 is 0. The van der Waals surface area contributed by atoms with E-state index in [-0.39, 0.29) is 5.60 Å². The van der Waals surface area contributed by atoms with Gasteiger partial charge in [0.2, 0.25) is 0 Å². The first-order valence-corrected chi connectivity index (χ1v) is 6.26. The lowest BCUT2D eigenvalue weighted by Gasteiger charge is -2.50. The zero-order valence-corrected chi connectivity index (χ0v) is 10.9. The van der Waals surface area contributed by atoms with Crippen molar-refractivity contribution >= 4 is 0 Å². The highest BCUT2D eigenvalue weighted by atomic mass is 16.5. The Hall–Kier alpha value is -0.0400. The fourth-order valence-electron chi connectivity index (χ4n) is 2.02. The minimum Gasteiger partial charge on any atom is -0.375 e. The predicted octanol–water partition coefficient (Wildman–Crippen LogP) is 4.41. The molecule has 3 fully saturated rings. The fraction of sp³-hybridized carbons (Fsp3) is 1.00. The molecule has 0 N–H and O–H groups in total. The van der Waals surface area contributed by atoms with Crippen LogP contribution in [0.3, 0.4) is 0 Å². The quantitative estimate of drug-likeness (QED) is 0.563. The number of hydrogen-bond acceptors (Lipinski definition) is 1. The topological polar surface area (TPSA) is 9.23 Å². The Morgan fingerprint density at radius 1 is 0.786 bits per heavy atom. The van der Waals surface area contributed by atoms with E-state index in [0.29, 0.717) is 5.41 Å². The first-order valence-electron chi connectivity index (χ1n) is 6.26. The summed E-state index contributed by atoms with van der Waals surface area (Å²) in [7, 11) is 0. The normalized spacial score (nSPS) is 39.0. The van der Waals surface area contributed by atoms with Crippen molar-refractivity contribution in [3.8, 4) is 0 Å². The summed E-state index contributed by atoms with van der Waals surface area (Å²) in [5.74, 6) is 0. The molecule has 1 heteroatoms. The lowest BCUT2D eigenvalue weighted by Crippen LogP contribution is -2.47. The summed E-state index contributed by atoms with van der Waals surface area (Å²) in [6, 6.07) is 0. The smallest absolute Gasteiger partial charge is 0.0655 e. The van der Waals surface area contributed by atoms with Crippen LogP contribution in [0.25, 0.3) is 0 Å². The monoisotopic (exact) mass is 200 g/mol. The van der Waals surface area contributed by atoms with E-state index in [9.17, 15) is 0 Å². The zero-order chi connectivity index (χ0) is 11.2. The molecular weight excluding hydrogens is 172 g/mol. The van der Waals surface area contributed by atoms with E-state index in [1.165, 1.54) is 25.7 Å². The van der Waals surface area contributed by atoms with Gasteiger partial charge >= 0.3 is 0 Å². The second-order valence-corrected chi connectivity index (χ2v) is 4.55. The molecule has 0 aromatic heterocycles. The Balaban J connectivity index is 0.000000379. The SMILES string of the molecule is CC.CC.CC12CCC(C)(CC1)OC2. The van der Waals surface area contributed by atoms with Crippen LogP contribution in [0.2, 0.25) is 0 Å². The molecule has 0 aromatic rings. The second kappa shape index (κ2) is 5.75. The van der Waals surface area contributed by atoms with Gasteiger partial charge in [0.25, 0.3) is 0 Å². The van der Waals surface area contributed by atoms with E-state index in [4.69, 9.17) is 4.74 Å². The van der Waals surface area contributed by atoms with Crippen molar-refractivity contribution in [3.63, 3.8) is 0 Å². The Morgan fingerprint density at radius 2 is 1.21 bits per heavy atom.